The zero-order valence-electron chi connectivity index (χ0n) is 7.99. The third kappa shape index (κ3) is 2.94. The summed E-state index contributed by atoms with van der Waals surface area (Å²) < 4.78 is 4.32. The van der Waals surface area contributed by atoms with Crippen molar-refractivity contribution >= 4 is 11.9 Å². The van der Waals surface area contributed by atoms with Crippen molar-refractivity contribution in [2.75, 3.05) is 13.7 Å². The van der Waals surface area contributed by atoms with Crippen molar-refractivity contribution in [1.29, 1.82) is 0 Å². The maximum atomic E-state index is 11.3. The maximum Gasteiger partial charge on any atom is 0.325 e. The molecule has 0 saturated heterocycles. The largest absolute Gasteiger partial charge is 0.468 e. The van der Waals surface area contributed by atoms with E-state index in [1.54, 1.807) is 0 Å². The van der Waals surface area contributed by atoms with E-state index in [1.165, 1.54) is 19.2 Å². The average Bonchev–Trinajstić information content (AvgIpc) is 2.26. The highest BCUT2D eigenvalue weighted by atomic mass is 16.5. The summed E-state index contributed by atoms with van der Waals surface area (Å²) in [6, 6.07) is 2.71. The molecule has 1 rings (SSSR count). The van der Waals surface area contributed by atoms with Gasteiger partial charge in [-0.05, 0) is 12.1 Å². The lowest BCUT2D eigenvalue weighted by Crippen LogP contribution is -2.33. The van der Waals surface area contributed by atoms with Gasteiger partial charge in [-0.3, -0.25) is 14.4 Å². The van der Waals surface area contributed by atoms with Crippen LogP contribution in [0.1, 0.15) is 10.4 Å². The third-order valence-corrected chi connectivity index (χ3v) is 1.63. The lowest BCUT2D eigenvalue weighted by Gasteiger charge is -2.02. The minimum Gasteiger partial charge on any atom is -0.468 e. The second-order valence-corrected chi connectivity index (χ2v) is 2.60. The van der Waals surface area contributed by atoms with E-state index in [9.17, 15) is 14.4 Å². The molecule has 0 aliphatic rings. The predicted molar refractivity (Wildman–Crippen MR) is 50.2 cm³/mol. The smallest absolute Gasteiger partial charge is 0.325 e. The Morgan fingerprint density at radius 1 is 1.60 bits per heavy atom. The van der Waals surface area contributed by atoms with E-state index < -0.39 is 17.4 Å². The number of amides is 1. The molecule has 1 aromatic rings. The Morgan fingerprint density at radius 3 is 2.93 bits per heavy atom. The molecule has 0 spiro atoms. The quantitative estimate of drug-likeness (QED) is 0.630. The van der Waals surface area contributed by atoms with E-state index in [2.05, 4.69) is 21.2 Å². The molecule has 0 atom stereocenters. The summed E-state index contributed by atoms with van der Waals surface area (Å²) in [5.41, 5.74) is -0.627. The number of rotatable bonds is 3. The summed E-state index contributed by atoms with van der Waals surface area (Å²) in [6.07, 6.45) is 2.42. The van der Waals surface area contributed by atoms with E-state index in [0.29, 0.717) is 0 Å². The van der Waals surface area contributed by atoms with Crippen LogP contribution in [0.4, 0.5) is 0 Å². The molecule has 6 nitrogen and oxygen atoms in total. The number of esters is 1. The summed E-state index contributed by atoms with van der Waals surface area (Å²) in [5.74, 6) is -1.21. The average molecular weight is 209 g/mol. The Bertz CT molecular complexity index is 424. The van der Waals surface area contributed by atoms with Crippen LogP contribution in [0.3, 0.4) is 0 Å². The van der Waals surface area contributed by atoms with Crippen LogP contribution in [0.15, 0.2) is 16.9 Å². The first-order valence-electron chi connectivity index (χ1n) is 4.09. The van der Waals surface area contributed by atoms with Gasteiger partial charge in [0.25, 0.3) is 11.5 Å². The molecule has 0 aromatic carbocycles. The van der Waals surface area contributed by atoms with Crippen LogP contribution < -0.4 is 10.9 Å². The molecule has 1 amide bonds. The van der Waals surface area contributed by atoms with Gasteiger partial charge in [-0.15, -0.1) is 0 Å². The Balaban J connectivity index is 2.66. The van der Waals surface area contributed by atoms with E-state index in [1.807, 2.05) is 0 Å². The van der Waals surface area contributed by atoms with Crippen molar-refractivity contribution < 1.29 is 14.3 Å². The van der Waals surface area contributed by atoms with Crippen LogP contribution in [-0.4, -0.2) is 30.5 Å². The lowest BCUT2D eigenvalue weighted by molar-refractivity contribution is -0.139. The highest BCUT2D eigenvalue weighted by Crippen LogP contribution is 1.88. The fourth-order valence-electron chi connectivity index (χ4n) is 0.874. The van der Waals surface area contributed by atoms with Crippen molar-refractivity contribution in [1.82, 2.24) is 10.3 Å². The topological polar surface area (TPSA) is 88.3 Å². The fraction of sp³-hybridized carbons (Fsp3) is 0.222. The first-order valence-corrected chi connectivity index (χ1v) is 4.09. The van der Waals surface area contributed by atoms with Crippen LogP contribution in [0.25, 0.3) is 0 Å². The Morgan fingerprint density at radius 2 is 2.33 bits per heavy atom. The summed E-state index contributed by atoms with van der Waals surface area (Å²) >= 11 is 0. The summed E-state index contributed by atoms with van der Waals surface area (Å²) in [5, 5.41) is 2.24. The molecular formula is C9H9N2O4. The number of methoxy groups -OCH3 is 1. The van der Waals surface area contributed by atoms with Gasteiger partial charge in [0.1, 0.15) is 12.1 Å². The van der Waals surface area contributed by atoms with Crippen molar-refractivity contribution in [3.05, 3.63) is 34.2 Å². The molecule has 0 aliphatic heterocycles. The maximum absolute atomic E-state index is 11.3. The van der Waals surface area contributed by atoms with E-state index in [4.69, 9.17) is 0 Å². The Labute approximate surface area is 85.3 Å². The SMILES string of the molecule is COC(=O)CNC(=O)c1cc[c][nH]c1=O. The molecule has 1 aromatic heterocycles. The second kappa shape index (κ2) is 4.94. The number of aromatic amines is 1. The molecule has 79 valence electrons. The molecule has 0 saturated carbocycles. The monoisotopic (exact) mass is 209 g/mol. The van der Waals surface area contributed by atoms with Gasteiger partial charge in [-0.25, -0.2) is 0 Å². The fourth-order valence-corrected chi connectivity index (χ4v) is 0.874. The third-order valence-electron chi connectivity index (χ3n) is 1.63. The van der Waals surface area contributed by atoms with Crippen LogP contribution >= 0.6 is 0 Å². The minimum atomic E-state index is -0.629. The molecule has 15 heavy (non-hydrogen) atoms. The van der Waals surface area contributed by atoms with E-state index >= 15 is 0 Å². The number of ether oxygens (including phenoxy) is 1. The van der Waals surface area contributed by atoms with E-state index in [-0.39, 0.29) is 12.1 Å². The number of carbonyl (C=O) groups is 2. The Hall–Kier alpha value is -2.11. The zero-order chi connectivity index (χ0) is 11.3. The molecule has 1 radical (unpaired) electrons. The van der Waals surface area contributed by atoms with Gasteiger partial charge in [0.15, 0.2) is 0 Å². The Kier molecular flexibility index (Phi) is 3.61. The second-order valence-electron chi connectivity index (χ2n) is 2.60. The molecule has 2 N–H and O–H groups in total. The van der Waals surface area contributed by atoms with Crippen LogP contribution in [0, 0.1) is 6.20 Å². The number of aromatic nitrogens is 1. The number of pyridine rings is 1. The lowest BCUT2D eigenvalue weighted by atomic mass is 10.2. The summed E-state index contributed by atoms with van der Waals surface area (Å²) in [4.78, 5) is 35.4. The molecule has 0 fully saturated rings. The zero-order valence-corrected chi connectivity index (χ0v) is 7.99. The molecule has 0 aliphatic carbocycles. The van der Waals surface area contributed by atoms with Gasteiger partial charge < -0.3 is 15.0 Å². The number of hydrogen-bond acceptors (Lipinski definition) is 4. The molecule has 6 heteroatoms. The van der Waals surface area contributed by atoms with Gasteiger partial charge in [0, 0.05) is 0 Å². The number of carbonyl (C=O) groups excluding carboxylic acids is 2. The van der Waals surface area contributed by atoms with Gasteiger partial charge in [-0.2, -0.15) is 0 Å². The molecule has 0 unspecified atom stereocenters. The van der Waals surface area contributed by atoms with Crippen molar-refractivity contribution in [3.63, 3.8) is 0 Å². The molecular weight excluding hydrogens is 200 g/mol. The first kappa shape index (κ1) is 11.0. The predicted octanol–water partition coefficient (Wildman–Crippen LogP) is -0.922. The van der Waals surface area contributed by atoms with Crippen LogP contribution in [-0.2, 0) is 9.53 Å². The number of H-pyrrole nitrogens is 1. The minimum absolute atomic E-state index is 0.0716. The number of hydrogen-bond donors (Lipinski definition) is 2. The van der Waals surface area contributed by atoms with E-state index in [0.717, 1.165) is 0 Å². The van der Waals surface area contributed by atoms with Crippen molar-refractivity contribution in [3.8, 4) is 0 Å². The highest BCUT2D eigenvalue weighted by Gasteiger charge is 2.10. The van der Waals surface area contributed by atoms with Gasteiger partial charge in [0.2, 0.25) is 0 Å². The van der Waals surface area contributed by atoms with Gasteiger partial charge in [0.05, 0.1) is 13.3 Å². The normalized spacial score (nSPS) is 9.40. The van der Waals surface area contributed by atoms with Crippen LogP contribution in [0.2, 0.25) is 0 Å². The summed E-state index contributed by atoms with van der Waals surface area (Å²) in [7, 11) is 1.21. The van der Waals surface area contributed by atoms with Gasteiger partial charge >= 0.3 is 5.97 Å². The highest BCUT2D eigenvalue weighted by molar-refractivity contribution is 5.95. The summed E-state index contributed by atoms with van der Waals surface area (Å²) in [6.45, 7) is -0.270. The first-order chi connectivity index (χ1) is 7.15. The number of nitrogens with one attached hydrogen (secondary N) is 2. The van der Waals surface area contributed by atoms with Crippen molar-refractivity contribution in [2.24, 2.45) is 0 Å². The molecule has 1 heterocycles. The van der Waals surface area contributed by atoms with Gasteiger partial charge in [-0.1, -0.05) is 0 Å². The van der Waals surface area contributed by atoms with Crippen molar-refractivity contribution in [2.45, 2.75) is 0 Å². The van der Waals surface area contributed by atoms with Crippen LogP contribution in [0.5, 0.6) is 0 Å². The molecule has 0 bridgehead atoms. The standard InChI is InChI=1S/C9H9N2O4/c1-15-7(12)5-11-9(14)6-3-2-4-10-8(6)13/h2-3H,5H2,1H3,(H,10,13)(H,11,14).